The maximum absolute atomic E-state index is 13.9. The van der Waals surface area contributed by atoms with E-state index in [1.165, 1.54) is 12.1 Å². The maximum Gasteiger partial charge on any atom is 0.165 e. The van der Waals surface area contributed by atoms with Crippen molar-refractivity contribution in [1.29, 1.82) is 5.41 Å². The predicted molar refractivity (Wildman–Crippen MR) is 82.4 cm³/mol. The molecule has 0 atom stereocenters. The Hall–Kier alpha value is -2.08. The fraction of sp³-hybridized carbons (Fsp3) is 0.133. The number of nitrogen functional groups attached to an aromatic ring is 1. The highest BCUT2D eigenvalue weighted by atomic mass is 79.9. The minimum absolute atomic E-state index is 0.0991. The van der Waals surface area contributed by atoms with Crippen LogP contribution in [-0.4, -0.2) is 12.9 Å². The van der Waals surface area contributed by atoms with E-state index in [2.05, 4.69) is 15.9 Å². The third kappa shape index (κ3) is 3.72. The molecule has 0 amide bonds. The van der Waals surface area contributed by atoms with E-state index in [-0.39, 0.29) is 18.2 Å². The van der Waals surface area contributed by atoms with Crippen LogP contribution in [0.1, 0.15) is 11.1 Å². The van der Waals surface area contributed by atoms with E-state index in [9.17, 15) is 4.39 Å². The first-order valence-electron chi connectivity index (χ1n) is 6.10. The fourth-order valence-electron chi connectivity index (χ4n) is 1.80. The van der Waals surface area contributed by atoms with E-state index in [1.807, 2.05) is 12.1 Å². The molecule has 0 unspecified atom stereocenters. The first-order chi connectivity index (χ1) is 10.0. The number of nitrogens with one attached hydrogen (secondary N) is 1. The van der Waals surface area contributed by atoms with E-state index in [4.69, 9.17) is 20.6 Å². The number of ether oxygens (including phenoxy) is 2. The monoisotopic (exact) mass is 352 g/mol. The second-order valence-corrected chi connectivity index (χ2v) is 5.22. The lowest BCUT2D eigenvalue weighted by Gasteiger charge is -2.11. The molecular weight excluding hydrogens is 339 g/mol. The van der Waals surface area contributed by atoms with Gasteiger partial charge >= 0.3 is 0 Å². The molecule has 0 aliphatic rings. The molecule has 0 fully saturated rings. The Morgan fingerprint density at radius 2 is 1.95 bits per heavy atom. The van der Waals surface area contributed by atoms with Gasteiger partial charge in [0.15, 0.2) is 11.6 Å². The van der Waals surface area contributed by atoms with Crippen LogP contribution in [0.15, 0.2) is 40.9 Å². The van der Waals surface area contributed by atoms with Crippen LogP contribution >= 0.6 is 15.9 Å². The second-order valence-electron chi connectivity index (χ2n) is 4.30. The van der Waals surface area contributed by atoms with Crippen LogP contribution in [-0.2, 0) is 6.61 Å². The molecule has 21 heavy (non-hydrogen) atoms. The molecule has 110 valence electrons. The van der Waals surface area contributed by atoms with E-state index in [0.717, 1.165) is 10.0 Å². The molecule has 2 aromatic carbocycles. The summed E-state index contributed by atoms with van der Waals surface area (Å²) in [7, 11) is 1.56. The van der Waals surface area contributed by atoms with Crippen molar-refractivity contribution < 1.29 is 13.9 Å². The molecule has 0 saturated heterocycles. The van der Waals surface area contributed by atoms with E-state index < -0.39 is 5.82 Å². The summed E-state index contributed by atoms with van der Waals surface area (Å²) in [4.78, 5) is 0. The van der Waals surface area contributed by atoms with Crippen molar-refractivity contribution in [2.24, 2.45) is 5.73 Å². The van der Waals surface area contributed by atoms with Gasteiger partial charge in [-0.05, 0) is 36.4 Å². The molecule has 0 aliphatic heterocycles. The smallest absolute Gasteiger partial charge is 0.165 e. The molecule has 0 bridgehead atoms. The number of rotatable bonds is 5. The topological polar surface area (TPSA) is 68.3 Å². The van der Waals surface area contributed by atoms with Crippen LogP contribution in [0.4, 0.5) is 4.39 Å². The van der Waals surface area contributed by atoms with Crippen molar-refractivity contribution >= 4 is 21.8 Å². The summed E-state index contributed by atoms with van der Waals surface area (Å²) in [6, 6.07) is 9.68. The number of halogens is 2. The Labute approximate surface area is 130 Å². The molecule has 2 aromatic rings. The lowest BCUT2D eigenvalue weighted by molar-refractivity contribution is 0.282. The molecule has 0 aliphatic carbocycles. The highest BCUT2D eigenvalue weighted by Gasteiger charge is 2.09. The maximum atomic E-state index is 13.9. The summed E-state index contributed by atoms with van der Waals surface area (Å²) in [6.07, 6.45) is 0. The van der Waals surface area contributed by atoms with Gasteiger partial charge in [-0.15, -0.1) is 0 Å². The van der Waals surface area contributed by atoms with Crippen LogP contribution in [0.5, 0.6) is 11.5 Å². The van der Waals surface area contributed by atoms with Crippen molar-refractivity contribution in [2.45, 2.75) is 6.61 Å². The molecule has 0 saturated carbocycles. The highest BCUT2D eigenvalue weighted by molar-refractivity contribution is 9.10. The van der Waals surface area contributed by atoms with E-state index in [0.29, 0.717) is 11.3 Å². The zero-order valence-corrected chi connectivity index (χ0v) is 12.9. The standard InChI is InChI=1S/C15H14BrFN2O2/c1-20-13-5-3-11(16)6-10(13)8-21-14-4-2-9(15(18)19)7-12(14)17/h2-7H,8H2,1H3,(H3,18,19). The molecule has 0 heterocycles. The van der Waals surface area contributed by atoms with Gasteiger partial charge < -0.3 is 15.2 Å². The molecule has 6 heteroatoms. The third-order valence-corrected chi connectivity index (χ3v) is 3.36. The average molecular weight is 353 g/mol. The van der Waals surface area contributed by atoms with Gasteiger partial charge in [-0.2, -0.15) is 0 Å². The summed E-state index contributed by atoms with van der Waals surface area (Å²) in [5.41, 5.74) is 6.42. The normalized spacial score (nSPS) is 10.2. The molecule has 2 rings (SSSR count). The molecule has 3 N–H and O–H groups in total. The van der Waals surface area contributed by atoms with Crippen LogP contribution < -0.4 is 15.2 Å². The van der Waals surface area contributed by atoms with Gasteiger partial charge in [-0.3, -0.25) is 5.41 Å². The number of hydrogen-bond donors (Lipinski definition) is 2. The van der Waals surface area contributed by atoms with Gasteiger partial charge in [0.2, 0.25) is 0 Å². The van der Waals surface area contributed by atoms with Crippen molar-refractivity contribution in [2.75, 3.05) is 7.11 Å². The van der Waals surface area contributed by atoms with Crippen molar-refractivity contribution in [3.63, 3.8) is 0 Å². The molecule has 0 aromatic heterocycles. The number of nitrogens with two attached hydrogens (primary N) is 1. The van der Waals surface area contributed by atoms with Crippen molar-refractivity contribution in [1.82, 2.24) is 0 Å². The first-order valence-corrected chi connectivity index (χ1v) is 6.89. The Morgan fingerprint density at radius 1 is 1.24 bits per heavy atom. The van der Waals surface area contributed by atoms with Crippen molar-refractivity contribution in [3.8, 4) is 11.5 Å². The largest absolute Gasteiger partial charge is 0.496 e. The molecule has 0 radical (unpaired) electrons. The van der Waals surface area contributed by atoms with Crippen LogP contribution in [0.25, 0.3) is 0 Å². The quantitative estimate of drug-likeness (QED) is 0.639. The van der Waals surface area contributed by atoms with Crippen LogP contribution in [0.2, 0.25) is 0 Å². The van der Waals surface area contributed by atoms with E-state index in [1.54, 1.807) is 19.2 Å². The SMILES string of the molecule is COc1ccc(Br)cc1COc1ccc(C(=N)N)cc1F. The summed E-state index contributed by atoms with van der Waals surface area (Å²) in [5, 5.41) is 7.26. The zero-order chi connectivity index (χ0) is 15.4. The lowest BCUT2D eigenvalue weighted by Crippen LogP contribution is -2.11. The summed E-state index contributed by atoms with van der Waals surface area (Å²) in [6.45, 7) is 0.166. The van der Waals surface area contributed by atoms with Gasteiger partial charge in [0.1, 0.15) is 18.2 Å². The van der Waals surface area contributed by atoms with Gasteiger partial charge in [0, 0.05) is 15.6 Å². The third-order valence-electron chi connectivity index (χ3n) is 2.87. The van der Waals surface area contributed by atoms with Gasteiger partial charge in [-0.1, -0.05) is 15.9 Å². The number of benzene rings is 2. The Bertz CT molecular complexity index is 677. The predicted octanol–water partition coefficient (Wildman–Crippen LogP) is 3.46. The summed E-state index contributed by atoms with van der Waals surface area (Å²) in [5.74, 6) is 0.0202. The van der Waals surface area contributed by atoms with Crippen molar-refractivity contribution in [3.05, 3.63) is 57.8 Å². The minimum atomic E-state index is -0.559. The number of hydrogen-bond acceptors (Lipinski definition) is 3. The number of amidine groups is 1. The molecule has 0 spiro atoms. The lowest BCUT2D eigenvalue weighted by atomic mass is 10.2. The number of methoxy groups -OCH3 is 1. The Morgan fingerprint density at radius 3 is 2.57 bits per heavy atom. The second kappa shape index (κ2) is 6.58. The minimum Gasteiger partial charge on any atom is -0.496 e. The van der Waals surface area contributed by atoms with Gasteiger partial charge in [-0.25, -0.2) is 4.39 Å². The Balaban J connectivity index is 2.17. The van der Waals surface area contributed by atoms with E-state index >= 15 is 0 Å². The van der Waals surface area contributed by atoms with Crippen LogP contribution in [0, 0.1) is 11.2 Å². The van der Waals surface area contributed by atoms with Crippen LogP contribution in [0.3, 0.4) is 0 Å². The van der Waals surface area contributed by atoms with Gasteiger partial charge in [0.25, 0.3) is 0 Å². The molecule has 4 nitrogen and oxygen atoms in total. The zero-order valence-electron chi connectivity index (χ0n) is 11.3. The van der Waals surface area contributed by atoms with Gasteiger partial charge in [0.05, 0.1) is 7.11 Å². The first kappa shape index (κ1) is 15.3. The summed E-state index contributed by atoms with van der Waals surface area (Å²) < 4.78 is 25.4. The average Bonchev–Trinajstić information content (AvgIpc) is 2.46. The molecular formula is C15H14BrFN2O2. The summed E-state index contributed by atoms with van der Waals surface area (Å²) >= 11 is 3.37. The highest BCUT2D eigenvalue weighted by Crippen LogP contribution is 2.25. The Kier molecular flexibility index (Phi) is 4.80. The fourth-order valence-corrected chi connectivity index (χ4v) is 2.21.